The first-order valence-corrected chi connectivity index (χ1v) is 6.72. The first-order chi connectivity index (χ1) is 7.65. The topological polar surface area (TPSA) is 29.1 Å². The lowest BCUT2D eigenvalue weighted by atomic mass is 9.78. The van der Waals surface area contributed by atoms with Gasteiger partial charge in [0.25, 0.3) is 5.91 Å². The van der Waals surface area contributed by atoms with Crippen molar-refractivity contribution in [2.45, 2.75) is 31.7 Å². The normalized spacial score (nSPS) is 17.6. The summed E-state index contributed by atoms with van der Waals surface area (Å²) < 4.78 is 0. The summed E-state index contributed by atoms with van der Waals surface area (Å²) in [6.45, 7) is 2.02. The van der Waals surface area contributed by atoms with E-state index in [1.54, 1.807) is 0 Å². The average molecular weight is 282 g/mol. The first-order valence-electron chi connectivity index (χ1n) is 5.60. The van der Waals surface area contributed by atoms with E-state index in [9.17, 15) is 4.79 Å². The molecule has 0 aromatic heterocycles. The van der Waals surface area contributed by atoms with Gasteiger partial charge in [-0.3, -0.25) is 4.79 Å². The van der Waals surface area contributed by atoms with E-state index >= 15 is 0 Å². The van der Waals surface area contributed by atoms with Crippen LogP contribution >= 0.6 is 15.9 Å². The van der Waals surface area contributed by atoms with Crippen LogP contribution in [0.25, 0.3) is 0 Å². The predicted octanol–water partition coefficient (Wildman–Crippen LogP) is 3.04. The fourth-order valence-electron chi connectivity index (χ4n) is 1.91. The van der Waals surface area contributed by atoms with Crippen LogP contribution in [0.5, 0.6) is 0 Å². The fourth-order valence-corrected chi connectivity index (χ4v) is 2.61. The zero-order valence-corrected chi connectivity index (χ0v) is 11.0. The molecule has 1 aromatic rings. The minimum atomic E-state index is 0.00195. The minimum Gasteiger partial charge on any atom is -0.346 e. The summed E-state index contributed by atoms with van der Waals surface area (Å²) in [5, 5.41) is 3.97. The minimum absolute atomic E-state index is 0.00195. The van der Waals surface area contributed by atoms with Gasteiger partial charge in [0.05, 0.1) is 5.54 Å². The van der Waals surface area contributed by atoms with Crippen molar-refractivity contribution in [3.8, 4) is 0 Å². The van der Waals surface area contributed by atoms with Gasteiger partial charge in [0.2, 0.25) is 0 Å². The molecule has 0 saturated heterocycles. The smallest absolute Gasteiger partial charge is 0.251 e. The molecule has 0 aliphatic heterocycles. The molecule has 1 aliphatic rings. The Balaban J connectivity index is 2.05. The van der Waals surface area contributed by atoms with Gasteiger partial charge < -0.3 is 5.32 Å². The van der Waals surface area contributed by atoms with Crippen molar-refractivity contribution in [3.05, 3.63) is 35.4 Å². The lowest BCUT2D eigenvalue weighted by molar-refractivity contribution is 0.0856. The van der Waals surface area contributed by atoms with Crippen LogP contribution in [-0.2, 0) is 0 Å². The van der Waals surface area contributed by atoms with Crippen molar-refractivity contribution in [1.82, 2.24) is 5.32 Å². The molecule has 86 valence electrons. The second-order valence-electron chi connectivity index (χ2n) is 4.59. The standard InChI is InChI=1S/C13H16BrNO/c1-10-3-5-11(6-4-10)12(16)15-13(9-14)7-2-8-13/h3-6H,2,7-9H2,1H3,(H,15,16). The summed E-state index contributed by atoms with van der Waals surface area (Å²) in [5.41, 5.74) is 1.93. The molecule has 1 aliphatic carbocycles. The molecule has 1 N–H and O–H groups in total. The molecule has 0 heterocycles. The third kappa shape index (κ3) is 2.29. The number of hydrogen-bond donors (Lipinski definition) is 1. The van der Waals surface area contributed by atoms with Crippen LogP contribution in [0, 0.1) is 6.92 Å². The summed E-state index contributed by atoms with van der Waals surface area (Å²) in [6.07, 6.45) is 3.37. The maximum absolute atomic E-state index is 12.0. The maximum Gasteiger partial charge on any atom is 0.251 e. The molecule has 0 atom stereocenters. The maximum atomic E-state index is 12.0. The van der Waals surface area contributed by atoms with Gasteiger partial charge in [-0.1, -0.05) is 33.6 Å². The summed E-state index contributed by atoms with van der Waals surface area (Å²) in [6, 6.07) is 7.70. The Morgan fingerprint density at radius 3 is 2.44 bits per heavy atom. The van der Waals surface area contributed by atoms with E-state index in [1.807, 2.05) is 31.2 Å². The monoisotopic (exact) mass is 281 g/mol. The number of nitrogens with one attached hydrogen (secondary N) is 1. The van der Waals surface area contributed by atoms with Crippen LogP contribution in [0.15, 0.2) is 24.3 Å². The third-order valence-corrected chi connectivity index (χ3v) is 4.33. The number of benzene rings is 1. The van der Waals surface area contributed by atoms with Crippen molar-refractivity contribution in [1.29, 1.82) is 0 Å². The summed E-state index contributed by atoms with van der Waals surface area (Å²) in [5.74, 6) is 0.0409. The van der Waals surface area contributed by atoms with Crippen LogP contribution < -0.4 is 5.32 Å². The second-order valence-corrected chi connectivity index (χ2v) is 5.15. The van der Waals surface area contributed by atoms with Crippen LogP contribution in [0.3, 0.4) is 0 Å². The second kappa shape index (κ2) is 4.58. The number of hydrogen-bond acceptors (Lipinski definition) is 1. The van der Waals surface area contributed by atoms with Crippen molar-refractivity contribution >= 4 is 21.8 Å². The van der Waals surface area contributed by atoms with E-state index in [-0.39, 0.29) is 11.4 Å². The molecule has 0 bridgehead atoms. The Hall–Kier alpha value is -0.830. The van der Waals surface area contributed by atoms with E-state index in [0.29, 0.717) is 0 Å². The predicted molar refractivity (Wildman–Crippen MR) is 69.0 cm³/mol. The first kappa shape index (κ1) is 11.6. The highest BCUT2D eigenvalue weighted by molar-refractivity contribution is 9.09. The number of amides is 1. The van der Waals surface area contributed by atoms with E-state index in [4.69, 9.17) is 0 Å². The highest BCUT2D eigenvalue weighted by Gasteiger charge is 2.37. The van der Waals surface area contributed by atoms with E-state index in [0.717, 1.165) is 23.7 Å². The van der Waals surface area contributed by atoms with Gasteiger partial charge in [0.1, 0.15) is 0 Å². The van der Waals surface area contributed by atoms with Crippen LogP contribution in [0.2, 0.25) is 0 Å². The highest BCUT2D eigenvalue weighted by Crippen LogP contribution is 2.33. The van der Waals surface area contributed by atoms with E-state index in [2.05, 4.69) is 21.2 Å². The molecule has 0 radical (unpaired) electrons. The zero-order chi connectivity index (χ0) is 11.6. The summed E-state index contributed by atoms with van der Waals surface area (Å²) in [7, 11) is 0. The van der Waals surface area contributed by atoms with Crippen LogP contribution in [-0.4, -0.2) is 16.8 Å². The lowest BCUT2D eigenvalue weighted by Gasteiger charge is -2.41. The Bertz CT molecular complexity index is 376. The largest absolute Gasteiger partial charge is 0.346 e. The molecule has 2 rings (SSSR count). The number of aryl methyl sites for hydroxylation is 1. The Kier molecular flexibility index (Phi) is 3.33. The SMILES string of the molecule is Cc1ccc(C(=O)NC2(CBr)CCC2)cc1. The number of carbonyl (C=O) groups is 1. The number of carbonyl (C=O) groups excluding carboxylic acids is 1. The molecule has 0 spiro atoms. The molecule has 16 heavy (non-hydrogen) atoms. The van der Waals surface area contributed by atoms with Gasteiger partial charge >= 0.3 is 0 Å². The van der Waals surface area contributed by atoms with Crippen molar-refractivity contribution in [3.63, 3.8) is 0 Å². The Morgan fingerprint density at radius 2 is 2.00 bits per heavy atom. The van der Waals surface area contributed by atoms with Crippen molar-refractivity contribution in [2.75, 3.05) is 5.33 Å². The lowest BCUT2D eigenvalue weighted by Crippen LogP contribution is -2.54. The molecular weight excluding hydrogens is 266 g/mol. The number of alkyl halides is 1. The summed E-state index contributed by atoms with van der Waals surface area (Å²) >= 11 is 3.48. The molecule has 2 nitrogen and oxygen atoms in total. The van der Waals surface area contributed by atoms with Crippen LogP contribution in [0.4, 0.5) is 0 Å². The molecule has 1 saturated carbocycles. The van der Waals surface area contributed by atoms with Gasteiger partial charge in [0, 0.05) is 10.9 Å². The third-order valence-electron chi connectivity index (χ3n) is 3.26. The molecular formula is C13H16BrNO. The van der Waals surface area contributed by atoms with Gasteiger partial charge in [-0.25, -0.2) is 0 Å². The molecule has 0 unspecified atom stereocenters. The van der Waals surface area contributed by atoms with Crippen molar-refractivity contribution in [2.24, 2.45) is 0 Å². The quantitative estimate of drug-likeness (QED) is 0.848. The number of rotatable bonds is 3. The molecule has 1 amide bonds. The van der Waals surface area contributed by atoms with E-state index in [1.165, 1.54) is 12.0 Å². The van der Waals surface area contributed by atoms with Gasteiger partial charge in [-0.05, 0) is 38.3 Å². The fraction of sp³-hybridized carbons (Fsp3) is 0.462. The molecule has 1 aromatic carbocycles. The Morgan fingerprint density at radius 1 is 1.38 bits per heavy atom. The van der Waals surface area contributed by atoms with Crippen LogP contribution in [0.1, 0.15) is 35.2 Å². The molecule has 1 fully saturated rings. The Labute approximate surface area is 105 Å². The van der Waals surface area contributed by atoms with Crippen molar-refractivity contribution < 1.29 is 4.79 Å². The van der Waals surface area contributed by atoms with Gasteiger partial charge in [-0.15, -0.1) is 0 Å². The average Bonchev–Trinajstić information content (AvgIpc) is 2.24. The van der Waals surface area contributed by atoms with Gasteiger partial charge in [0.15, 0.2) is 0 Å². The molecule has 3 heteroatoms. The van der Waals surface area contributed by atoms with E-state index < -0.39 is 0 Å². The highest BCUT2D eigenvalue weighted by atomic mass is 79.9. The zero-order valence-electron chi connectivity index (χ0n) is 9.42. The summed E-state index contributed by atoms with van der Waals surface area (Å²) in [4.78, 5) is 12.0. The van der Waals surface area contributed by atoms with Gasteiger partial charge in [-0.2, -0.15) is 0 Å². The number of halogens is 1.